The highest BCUT2D eigenvalue weighted by Crippen LogP contribution is 2.21. The molecule has 1 unspecified atom stereocenters. The molecule has 0 saturated carbocycles. The first-order valence-corrected chi connectivity index (χ1v) is 6.04. The summed E-state index contributed by atoms with van der Waals surface area (Å²) in [6.45, 7) is 1.84. The van der Waals surface area contributed by atoms with Crippen molar-refractivity contribution in [3.63, 3.8) is 0 Å². The molecule has 5 N–H and O–H groups in total. The van der Waals surface area contributed by atoms with Gasteiger partial charge in [-0.15, -0.1) is 0 Å². The molecule has 0 aromatic carbocycles. The van der Waals surface area contributed by atoms with Gasteiger partial charge < -0.3 is 26.2 Å². The summed E-state index contributed by atoms with van der Waals surface area (Å²) >= 11 is 0. The molecular formula is C11H19N3O5. The van der Waals surface area contributed by atoms with Crippen LogP contribution in [0.3, 0.4) is 0 Å². The monoisotopic (exact) mass is 273 g/mol. The van der Waals surface area contributed by atoms with Crippen LogP contribution >= 0.6 is 0 Å². The van der Waals surface area contributed by atoms with Crippen LogP contribution in [0.15, 0.2) is 0 Å². The smallest absolute Gasteiger partial charge is 0.404 e. The number of aliphatic hydroxyl groups is 1. The molecule has 1 heterocycles. The number of hydrogen-bond acceptors (Lipinski definition) is 4. The minimum atomic E-state index is -1.52. The van der Waals surface area contributed by atoms with E-state index in [-0.39, 0.29) is 18.4 Å². The van der Waals surface area contributed by atoms with E-state index in [0.29, 0.717) is 6.42 Å². The maximum atomic E-state index is 11.6. The molecule has 1 saturated heterocycles. The van der Waals surface area contributed by atoms with Gasteiger partial charge in [0.05, 0.1) is 6.04 Å². The molecule has 19 heavy (non-hydrogen) atoms. The Labute approximate surface area is 110 Å². The summed E-state index contributed by atoms with van der Waals surface area (Å²) in [5.74, 6) is -1.29. The fraction of sp³-hybridized carbons (Fsp3) is 0.727. The largest absolute Gasteiger partial charge is 0.465 e. The van der Waals surface area contributed by atoms with Crippen molar-refractivity contribution in [2.45, 2.75) is 38.0 Å². The zero-order valence-corrected chi connectivity index (χ0v) is 10.8. The summed E-state index contributed by atoms with van der Waals surface area (Å²) < 4.78 is 0. The van der Waals surface area contributed by atoms with E-state index >= 15 is 0 Å². The minimum Gasteiger partial charge on any atom is -0.465 e. The van der Waals surface area contributed by atoms with Gasteiger partial charge in [0.15, 0.2) is 6.10 Å². The fourth-order valence-corrected chi connectivity index (χ4v) is 2.22. The third kappa shape index (κ3) is 4.09. The molecule has 0 spiro atoms. The second-order valence-electron chi connectivity index (χ2n) is 4.69. The molecule has 0 aromatic heterocycles. The van der Waals surface area contributed by atoms with E-state index < -0.39 is 30.1 Å². The van der Waals surface area contributed by atoms with Gasteiger partial charge in [-0.3, -0.25) is 9.59 Å². The fourth-order valence-electron chi connectivity index (χ4n) is 2.22. The van der Waals surface area contributed by atoms with Gasteiger partial charge in [0.1, 0.15) is 0 Å². The Morgan fingerprint density at radius 3 is 2.58 bits per heavy atom. The topological polar surface area (TPSA) is 128 Å². The molecule has 1 aliphatic heterocycles. The third-order valence-corrected chi connectivity index (χ3v) is 3.14. The van der Waals surface area contributed by atoms with Crippen LogP contribution in [0, 0.1) is 5.92 Å². The molecule has 0 radical (unpaired) electrons. The van der Waals surface area contributed by atoms with Crippen molar-refractivity contribution in [3.8, 4) is 0 Å². The second-order valence-corrected chi connectivity index (χ2v) is 4.69. The summed E-state index contributed by atoms with van der Waals surface area (Å²) in [6, 6.07) is -1.00. The molecule has 0 aliphatic carbocycles. The van der Waals surface area contributed by atoms with Crippen molar-refractivity contribution >= 4 is 17.9 Å². The maximum absolute atomic E-state index is 11.6. The SMILES string of the molecule is CNC(=O)C(O)[C@H](C[C@@H]1C[C@@H](C)NC1=O)NC(=O)O. The Bertz CT molecular complexity index is 373. The number of carbonyl (C=O) groups excluding carboxylic acids is 2. The van der Waals surface area contributed by atoms with Crippen molar-refractivity contribution in [1.82, 2.24) is 16.0 Å². The highest BCUT2D eigenvalue weighted by atomic mass is 16.4. The summed E-state index contributed by atoms with van der Waals surface area (Å²) in [4.78, 5) is 33.6. The Balaban J connectivity index is 2.71. The first-order valence-electron chi connectivity index (χ1n) is 6.04. The zero-order valence-electron chi connectivity index (χ0n) is 10.8. The summed E-state index contributed by atoms with van der Waals surface area (Å²) in [5, 5.41) is 25.5. The lowest BCUT2D eigenvalue weighted by Gasteiger charge is -2.23. The predicted molar refractivity (Wildman–Crippen MR) is 65.4 cm³/mol. The number of likely N-dealkylation sites (N-methyl/N-ethyl adjacent to an activating group) is 1. The number of nitrogens with one attached hydrogen (secondary N) is 3. The minimum absolute atomic E-state index is 0.0140. The van der Waals surface area contributed by atoms with Crippen LogP contribution in [0.2, 0.25) is 0 Å². The quantitative estimate of drug-likeness (QED) is 0.423. The van der Waals surface area contributed by atoms with Crippen LogP contribution in [-0.4, -0.2) is 53.4 Å². The van der Waals surface area contributed by atoms with E-state index in [1.807, 2.05) is 6.92 Å². The molecule has 8 heteroatoms. The Morgan fingerprint density at radius 2 is 2.16 bits per heavy atom. The number of rotatable bonds is 5. The van der Waals surface area contributed by atoms with Crippen molar-refractivity contribution < 1.29 is 24.6 Å². The van der Waals surface area contributed by atoms with Gasteiger partial charge >= 0.3 is 6.09 Å². The Kier molecular flexibility index (Phi) is 5.11. The third-order valence-electron chi connectivity index (χ3n) is 3.14. The molecule has 108 valence electrons. The van der Waals surface area contributed by atoms with Gasteiger partial charge in [-0.25, -0.2) is 4.79 Å². The predicted octanol–water partition coefficient (Wildman–Crippen LogP) is -1.36. The number of aliphatic hydroxyl groups excluding tert-OH is 1. The van der Waals surface area contributed by atoms with Crippen molar-refractivity contribution in [1.29, 1.82) is 0 Å². The van der Waals surface area contributed by atoms with Gasteiger partial charge in [0.25, 0.3) is 5.91 Å². The normalized spacial score (nSPS) is 25.3. The molecular weight excluding hydrogens is 254 g/mol. The second kappa shape index (κ2) is 6.37. The number of amides is 3. The van der Waals surface area contributed by atoms with E-state index in [4.69, 9.17) is 5.11 Å². The highest BCUT2D eigenvalue weighted by molar-refractivity contribution is 5.83. The van der Waals surface area contributed by atoms with E-state index in [1.54, 1.807) is 0 Å². The average molecular weight is 273 g/mol. The Hall–Kier alpha value is -1.83. The average Bonchev–Trinajstić information content (AvgIpc) is 2.64. The van der Waals surface area contributed by atoms with Crippen molar-refractivity contribution in [2.24, 2.45) is 5.92 Å². The van der Waals surface area contributed by atoms with Crippen LogP contribution < -0.4 is 16.0 Å². The van der Waals surface area contributed by atoms with Crippen LogP contribution in [-0.2, 0) is 9.59 Å². The van der Waals surface area contributed by atoms with Crippen LogP contribution in [0.25, 0.3) is 0 Å². The van der Waals surface area contributed by atoms with E-state index in [1.165, 1.54) is 7.05 Å². The molecule has 3 amide bonds. The van der Waals surface area contributed by atoms with E-state index in [0.717, 1.165) is 0 Å². The van der Waals surface area contributed by atoms with Crippen molar-refractivity contribution in [2.75, 3.05) is 7.05 Å². The van der Waals surface area contributed by atoms with Gasteiger partial charge in [0.2, 0.25) is 5.91 Å². The maximum Gasteiger partial charge on any atom is 0.404 e. The standard InChI is InChI=1S/C11H19N3O5/c1-5-3-6(9(16)13-5)4-7(14-11(18)19)8(15)10(17)12-2/h5-8,14-15H,3-4H2,1-2H3,(H,12,17)(H,13,16)(H,18,19)/t5-,6+,7+,8?/m1/s1. The first-order chi connectivity index (χ1) is 8.85. The van der Waals surface area contributed by atoms with Gasteiger partial charge in [-0.2, -0.15) is 0 Å². The van der Waals surface area contributed by atoms with Crippen LogP contribution in [0.4, 0.5) is 4.79 Å². The number of hydrogen-bond donors (Lipinski definition) is 5. The molecule has 0 bridgehead atoms. The number of carboxylic acid groups (broad SMARTS) is 1. The summed E-state index contributed by atoms with van der Waals surface area (Å²) in [5.41, 5.74) is 0. The lowest BCUT2D eigenvalue weighted by atomic mass is 9.93. The van der Waals surface area contributed by atoms with Crippen LogP contribution in [0.5, 0.6) is 0 Å². The number of carbonyl (C=O) groups is 3. The molecule has 8 nitrogen and oxygen atoms in total. The van der Waals surface area contributed by atoms with Crippen LogP contribution in [0.1, 0.15) is 19.8 Å². The van der Waals surface area contributed by atoms with Gasteiger partial charge in [-0.05, 0) is 19.8 Å². The summed E-state index contributed by atoms with van der Waals surface area (Å²) in [7, 11) is 1.34. The van der Waals surface area contributed by atoms with E-state index in [9.17, 15) is 19.5 Å². The molecule has 1 aliphatic rings. The zero-order chi connectivity index (χ0) is 14.6. The lowest BCUT2D eigenvalue weighted by Crippen LogP contribution is -2.50. The van der Waals surface area contributed by atoms with Gasteiger partial charge in [-0.1, -0.05) is 0 Å². The summed E-state index contributed by atoms with van der Waals surface area (Å²) in [6.07, 6.45) is -2.24. The van der Waals surface area contributed by atoms with E-state index in [2.05, 4.69) is 16.0 Å². The van der Waals surface area contributed by atoms with Gasteiger partial charge in [0, 0.05) is 19.0 Å². The Morgan fingerprint density at radius 1 is 1.53 bits per heavy atom. The molecule has 0 aromatic rings. The lowest BCUT2D eigenvalue weighted by molar-refractivity contribution is -0.131. The first kappa shape index (κ1) is 15.2. The molecule has 1 fully saturated rings. The molecule has 1 rings (SSSR count). The highest BCUT2D eigenvalue weighted by Gasteiger charge is 2.36. The molecule has 4 atom stereocenters. The van der Waals surface area contributed by atoms with Crippen molar-refractivity contribution in [3.05, 3.63) is 0 Å².